The van der Waals surface area contributed by atoms with Crippen molar-refractivity contribution in [2.24, 2.45) is 0 Å². The fourth-order valence-corrected chi connectivity index (χ4v) is 4.48. The number of fused-ring (bicyclic) bond motifs is 1. The first kappa shape index (κ1) is 20.0. The van der Waals surface area contributed by atoms with Crippen LogP contribution in [0.1, 0.15) is 20.8 Å². The van der Waals surface area contributed by atoms with Gasteiger partial charge in [-0.15, -0.1) is 11.3 Å². The fraction of sp³-hybridized carbons (Fsp3) is 0.0833. The zero-order valence-electron chi connectivity index (χ0n) is 15.9. The van der Waals surface area contributed by atoms with E-state index < -0.39 is 0 Å². The van der Waals surface area contributed by atoms with Gasteiger partial charge in [0, 0.05) is 21.3 Å². The van der Waals surface area contributed by atoms with Crippen LogP contribution in [0, 0.1) is 11.3 Å². The molecule has 4 aromatic rings. The topological polar surface area (TPSA) is 62.1 Å². The number of rotatable bonds is 6. The molecule has 0 bridgehead atoms. The van der Waals surface area contributed by atoms with Crippen molar-refractivity contribution < 1.29 is 9.53 Å². The molecule has 1 heterocycles. The van der Waals surface area contributed by atoms with E-state index in [9.17, 15) is 4.79 Å². The smallest absolute Gasteiger partial charge is 0.267 e. The number of carbonyl (C=O) groups is 1. The van der Waals surface area contributed by atoms with Gasteiger partial charge in [0.25, 0.3) is 5.91 Å². The molecule has 0 aliphatic heterocycles. The Morgan fingerprint density at radius 1 is 1.03 bits per heavy atom. The minimum atomic E-state index is -0.241. The molecule has 0 aliphatic rings. The Balaban J connectivity index is 1.49. The molecule has 1 aromatic heterocycles. The third kappa shape index (κ3) is 4.30. The number of thiophene rings is 1. The molecule has 30 heavy (non-hydrogen) atoms. The molecule has 148 valence electrons. The predicted octanol–water partition coefficient (Wildman–Crippen LogP) is 6.45. The lowest BCUT2D eigenvalue weighted by Crippen LogP contribution is -2.13. The van der Waals surface area contributed by atoms with Crippen molar-refractivity contribution in [2.75, 3.05) is 5.32 Å². The number of halogens is 1. The number of ether oxygens (including phenoxy) is 1. The lowest BCUT2D eigenvalue weighted by atomic mass is 10.1. The van der Waals surface area contributed by atoms with Gasteiger partial charge >= 0.3 is 0 Å². The number of nitriles is 1. The summed E-state index contributed by atoms with van der Waals surface area (Å²) in [5, 5.41) is 13.1. The quantitative estimate of drug-likeness (QED) is 0.380. The number of hydrogen-bond donors (Lipinski definition) is 1. The highest BCUT2D eigenvalue weighted by atomic mass is 35.5. The summed E-state index contributed by atoms with van der Waals surface area (Å²) in [6.45, 7) is 0.300. The van der Waals surface area contributed by atoms with Crippen LogP contribution in [-0.2, 0) is 13.0 Å². The lowest BCUT2D eigenvalue weighted by Gasteiger charge is -2.12. The predicted molar refractivity (Wildman–Crippen MR) is 121 cm³/mol. The van der Waals surface area contributed by atoms with Crippen LogP contribution in [-0.4, -0.2) is 5.91 Å². The van der Waals surface area contributed by atoms with Crippen LogP contribution in [0.4, 0.5) is 5.69 Å². The molecule has 0 fully saturated rings. The van der Waals surface area contributed by atoms with Gasteiger partial charge in [-0.2, -0.15) is 5.26 Å². The molecule has 3 aromatic carbocycles. The van der Waals surface area contributed by atoms with Crippen LogP contribution in [0.25, 0.3) is 10.1 Å². The number of para-hydroxylation sites is 1. The number of nitrogens with one attached hydrogen (secondary N) is 1. The molecule has 1 N–H and O–H groups in total. The largest absolute Gasteiger partial charge is 0.489 e. The lowest BCUT2D eigenvalue weighted by molar-refractivity contribution is 0.103. The molecular formula is C24H17ClN2O2S. The Hall–Kier alpha value is -3.33. The summed E-state index contributed by atoms with van der Waals surface area (Å²) in [4.78, 5) is 13.4. The molecule has 1 amide bonds. The monoisotopic (exact) mass is 432 g/mol. The molecule has 0 unspecified atom stereocenters. The van der Waals surface area contributed by atoms with Crippen molar-refractivity contribution in [3.63, 3.8) is 0 Å². The van der Waals surface area contributed by atoms with Crippen LogP contribution in [0.3, 0.4) is 0 Å². The second kappa shape index (κ2) is 9.00. The second-order valence-corrected chi connectivity index (χ2v) is 8.05. The maximum Gasteiger partial charge on any atom is 0.267 e. The zero-order chi connectivity index (χ0) is 20.9. The number of anilines is 1. The van der Waals surface area contributed by atoms with Crippen molar-refractivity contribution >= 4 is 44.6 Å². The van der Waals surface area contributed by atoms with Crippen LogP contribution < -0.4 is 10.1 Å². The summed E-state index contributed by atoms with van der Waals surface area (Å²) in [7, 11) is 0. The molecule has 0 spiro atoms. The highest BCUT2D eigenvalue weighted by Crippen LogP contribution is 2.35. The molecular weight excluding hydrogens is 416 g/mol. The van der Waals surface area contributed by atoms with Gasteiger partial charge in [0.15, 0.2) is 0 Å². The van der Waals surface area contributed by atoms with Gasteiger partial charge in [-0.05, 0) is 29.8 Å². The van der Waals surface area contributed by atoms with Crippen molar-refractivity contribution in [2.45, 2.75) is 13.0 Å². The van der Waals surface area contributed by atoms with Crippen molar-refractivity contribution in [3.8, 4) is 11.8 Å². The highest BCUT2D eigenvalue weighted by Gasteiger charge is 2.18. The number of benzene rings is 3. The van der Waals surface area contributed by atoms with E-state index >= 15 is 0 Å². The van der Waals surface area contributed by atoms with E-state index in [2.05, 4.69) is 11.4 Å². The van der Waals surface area contributed by atoms with E-state index in [1.165, 1.54) is 11.3 Å². The van der Waals surface area contributed by atoms with E-state index in [0.717, 1.165) is 21.2 Å². The van der Waals surface area contributed by atoms with E-state index in [0.29, 0.717) is 34.4 Å². The van der Waals surface area contributed by atoms with E-state index in [1.54, 1.807) is 0 Å². The molecule has 6 heteroatoms. The Kier molecular flexibility index (Phi) is 5.99. The standard InChI is InChI=1S/C24H17ClN2O2S/c25-22-19-6-2-4-8-21(19)30-23(22)24(28)27-20-7-3-1-5-17(20)15-29-18-11-9-16(10-12-18)13-14-26/h1-12H,13,15H2,(H,27,28). The first-order valence-corrected chi connectivity index (χ1v) is 10.5. The van der Waals surface area contributed by atoms with Gasteiger partial charge in [0.2, 0.25) is 0 Å². The first-order valence-electron chi connectivity index (χ1n) is 9.30. The maximum absolute atomic E-state index is 12.9. The molecule has 0 saturated heterocycles. The SMILES string of the molecule is N#CCc1ccc(OCc2ccccc2NC(=O)c2sc3ccccc3c2Cl)cc1. The van der Waals surface area contributed by atoms with Crippen LogP contribution in [0.5, 0.6) is 5.75 Å². The Bertz CT molecular complexity index is 1240. The third-order valence-corrected chi connectivity index (χ3v) is 6.28. The molecule has 4 nitrogen and oxygen atoms in total. The summed E-state index contributed by atoms with van der Waals surface area (Å²) in [6.07, 6.45) is 0.370. The van der Waals surface area contributed by atoms with Gasteiger partial charge in [-0.25, -0.2) is 0 Å². The molecule has 0 aliphatic carbocycles. The van der Waals surface area contributed by atoms with Gasteiger partial charge in [0.05, 0.1) is 17.5 Å². The number of carbonyl (C=O) groups excluding carboxylic acids is 1. The third-order valence-electron chi connectivity index (χ3n) is 4.61. The zero-order valence-corrected chi connectivity index (χ0v) is 17.5. The molecule has 0 atom stereocenters. The Morgan fingerprint density at radius 2 is 1.77 bits per heavy atom. The summed E-state index contributed by atoms with van der Waals surface area (Å²) >= 11 is 7.81. The minimum absolute atomic E-state index is 0.241. The van der Waals surface area contributed by atoms with E-state index in [-0.39, 0.29) is 5.91 Å². The minimum Gasteiger partial charge on any atom is -0.489 e. The summed E-state index contributed by atoms with van der Waals surface area (Å²) in [5.41, 5.74) is 2.47. The highest BCUT2D eigenvalue weighted by molar-refractivity contribution is 7.21. The molecule has 0 saturated carbocycles. The average molecular weight is 433 g/mol. The van der Waals surface area contributed by atoms with Gasteiger partial charge in [0.1, 0.15) is 17.2 Å². The van der Waals surface area contributed by atoms with Crippen LogP contribution in [0.2, 0.25) is 5.02 Å². The van der Waals surface area contributed by atoms with Gasteiger partial charge in [-0.1, -0.05) is 60.1 Å². The number of nitrogens with zero attached hydrogens (tertiary/aromatic N) is 1. The fourth-order valence-electron chi connectivity index (χ4n) is 3.06. The van der Waals surface area contributed by atoms with E-state index in [1.807, 2.05) is 72.8 Å². The van der Waals surface area contributed by atoms with Crippen molar-refractivity contribution in [1.82, 2.24) is 0 Å². The normalized spacial score (nSPS) is 10.5. The van der Waals surface area contributed by atoms with Gasteiger partial charge < -0.3 is 10.1 Å². The van der Waals surface area contributed by atoms with Gasteiger partial charge in [-0.3, -0.25) is 4.79 Å². The van der Waals surface area contributed by atoms with Crippen molar-refractivity contribution in [1.29, 1.82) is 5.26 Å². The number of amides is 1. The Labute approximate surface area is 183 Å². The van der Waals surface area contributed by atoms with Crippen LogP contribution in [0.15, 0.2) is 72.8 Å². The average Bonchev–Trinajstić information content (AvgIpc) is 3.11. The number of hydrogen-bond acceptors (Lipinski definition) is 4. The van der Waals surface area contributed by atoms with Crippen molar-refractivity contribution in [3.05, 3.63) is 93.8 Å². The first-order chi connectivity index (χ1) is 14.7. The molecule has 4 rings (SSSR count). The summed E-state index contributed by atoms with van der Waals surface area (Å²) < 4.78 is 6.84. The molecule has 0 radical (unpaired) electrons. The maximum atomic E-state index is 12.9. The summed E-state index contributed by atoms with van der Waals surface area (Å²) in [5.74, 6) is 0.458. The van der Waals surface area contributed by atoms with E-state index in [4.69, 9.17) is 21.6 Å². The Morgan fingerprint density at radius 3 is 2.53 bits per heavy atom. The second-order valence-electron chi connectivity index (χ2n) is 6.62. The van der Waals surface area contributed by atoms with Crippen LogP contribution >= 0.6 is 22.9 Å². The summed E-state index contributed by atoms with van der Waals surface area (Å²) in [6, 6.07) is 24.7.